The Bertz CT molecular complexity index is 1220. The number of esters is 1. The Kier molecular flexibility index (Phi) is 4.26. The number of fused-ring (bicyclic) bond motifs is 3. The minimum atomic E-state index is -0.488. The van der Waals surface area contributed by atoms with Gasteiger partial charge in [0.25, 0.3) is 0 Å². The topological polar surface area (TPSA) is 130 Å². The largest absolute Gasteiger partial charge is 0.465 e. The summed E-state index contributed by atoms with van der Waals surface area (Å²) in [4.78, 5) is 32.4. The van der Waals surface area contributed by atoms with Crippen LogP contribution >= 0.6 is 11.3 Å². The minimum absolute atomic E-state index is 0.0645. The van der Waals surface area contributed by atoms with E-state index in [1.807, 2.05) is 13.8 Å². The van der Waals surface area contributed by atoms with Crippen molar-refractivity contribution < 1.29 is 14.5 Å². The first kappa shape index (κ1) is 18.0. The summed E-state index contributed by atoms with van der Waals surface area (Å²) in [6.07, 6.45) is 4.13. The lowest BCUT2D eigenvalue weighted by Crippen LogP contribution is -2.08. The van der Waals surface area contributed by atoms with Crippen molar-refractivity contribution in [2.24, 2.45) is 0 Å². The van der Waals surface area contributed by atoms with Gasteiger partial charge in [-0.2, -0.15) is 5.10 Å². The molecule has 0 aromatic carbocycles. The van der Waals surface area contributed by atoms with Crippen LogP contribution in [0.2, 0.25) is 0 Å². The highest BCUT2D eigenvalue weighted by atomic mass is 32.1. The van der Waals surface area contributed by atoms with E-state index in [0.717, 1.165) is 10.9 Å². The van der Waals surface area contributed by atoms with Crippen LogP contribution in [-0.4, -0.2) is 47.4 Å². The molecule has 1 unspecified atom stereocenters. The first-order valence-electron chi connectivity index (χ1n) is 8.28. The summed E-state index contributed by atoms with van der Waals surface area (Å²) in [6, 6.07) is 0. The van der Waals surface area contributed by atoms with Crippen molar-refractivity contribution in [3.05, 3.63) is 45.1 Å². The molecular formula is C16H15N7O4S. The summed E-state index contributed by atoms with van der Waals surface area (Å²) in [5.74, 6) is -0.00169. The van der Waals surface area contributed by atoms with Gasteiger partial charge in [0.2, 0.25) is 0 Å². The molecule has 12 heteroatoms. The molecule has 0 amide bonds. The summed E-state index contributed by atoms with van der Waals surface area (Å²) in [7, 11) is 1.34. The Hall–Kier alpha value is -3.41. The lowest BCUT2D eigenvalue weighted by molar-refractivity contribution is -0.385. The SMILES string of the molecule is COC(=O)c1sc2ncn3nc(C(C)Cn4cc([N+](=O)[O-])cn4)nc3c2c1C. The van der Waals surface area contributed by atoms with E-state index >= 15 is 0 Å². The number of carbonyl (C=O) groups is 1. The Balaban J connectivity index is 1.72. The third-order valence-corrected chi connectivity index (χ3v) is 5.57. The lowest BCUT2D eigenvalue weighted by atomic mass is 10.1. The number of thiophene rings is 1. The number of methoxy groups -OCH3 is 1. The summed E-state index contributed by atoms with van der Waals surface area (Å²) in [5, 5.41) is 20.0. The minimum Gasteiger partial charge on any atom is -0.465 e. The molecule has 0 saturated heterocycles. The highest BCUT2D eigenvalue weighted by molar-refractivity contribution is 7.20. The lowest BCUT2D eigenvalue weighted by Gasteiger charge is -2.06. The smallest absolute Gasteiger partial charge is 0.348 e. The van der Waals surface area contributed by atoms with Crippen molar-refractivity contribution in [3.63, 3.8) is 0 Å². The van der Waals surface area contributed by atoms with E-state index in [4.69, 9.17) is 4.74 Å². The predicted molar refractivity (Wildman–Crippen MR) is 99.5 cm³/mol. The van der Waals surface area contributed by atoms with Gasteiger partial charge in [0.1, 0.15) is 28.4 Å². The highest BCUT2D eigenvalue weighted by Crippen LogP contribution is 2.32. The maximum absolute atomic E-state index is 12.0. The highest BCUT2D eigenvalue weighted by Gasteiger charge is 2.22. The Morgan fingerprint density at radius 1 is 1.46 bits per heavy atom. The van der Waals surface area contributed by atoms with Crippen LogP contribution in [0.5, 0.6) is 0 Å². The van der Waals surface area contributed by atoms with E-state index in [0.29, 0.717) is 27.7 Å². The van der Waals surface area contributed by atoms with Gasteiger partial charge in [-0.1, -0.05) is 6.92 Å². The molecule has 28 heavy (non-hydrogen) atoms. The third kappa shape index (κ3) is 2.87. The second kappa shape index (κ2) is 6.64. The Morgan fingerprint density at radius 2 is 2.25 bits per heavy atom. The summed E-state index contributed by atoms with van der Waals surface area (Å²) >= 11 is 1.25. The first-order valence-corrected chi connectivity index (χ1v) is 9.10. The van der Waals surface area contributed by atoms with Crippen LogP contribution in [0.4, 0.5) is 5.69 Å². The van der Waals surface area contributed by atoms with Crippen LogP contribution in [0.15, 0.2) is 18.7 Å². The maximum Gasteiger partial charge on any atom is 0.348 e. The van der Waals surface area contributed by atoms with E-state index in [2.05, 4.69) is 20.2 Å². The standard InChI is InChI=1S/C16H15N7O4S/c1-8(5-21-6-10(4-18-21)23(25)26)13-19-14-11-9(2)12(16(24)27-3)28-15(11)17-7-22(14)20-13/h4,6-8H,5H2,1-3H3. The second-order valence-corrected chi connectivity index (χ2v) is 7.29. The van der Waals surface area contributed by atoms with Crippen LogP contribution < -0.4 is 0 Å². The maximum atomic E-state index is 12.0. The van der Waals surface area contributed by atoms with E-state index in [1.54, 1.807) is 10.8 Å². The first-order chi connectivity index (χ1) is 13.4. The molecule has 144 valence electrons. The quantitative estimate of drug-likeness (QED) is 0.283. The molecule has 11 nitrogen and oxygen atoms in total. The number of aromatic nitrogens is 6. The average Bonchev–Trinajstić information content (AvgIpc) is 3.37. The van der Waals surface area contributed by atoms with Gasteiger partial charge in [-0.25, -0.2) is 19.3 Å². The predicted octanol–water partition coefficient (Wildman–Crippen LogP) is 2.34. The van der Waals surface area contributed by atoms with Gasteiger partial charge in [-0.05, 0) is 12.5 Å². The van der Waals surface area contributed by atoms with Gasteiger partial charge >= 0.3 is 11.7 Å². The van der Waals surface area contributed by atoms with Gasteiger partial charge in [0, 0.05) is 5.92 Å². The van der Waals surface area contributed by atoms with Gasteiger partial charge in [0.15, 0.2) is 11.5 Å². The second-order valence-electron chi connectivity index (χ2n) is 6.29. The van der Waals surface area contributed by atoms with Gasteiger partial charge in [-0.3, -0.25) is 14.8 Å². The fourth-order valence-corrected chi connectivity index (χ4v) is 4.02. The van der Waals surface area contributed by atoms with Crippen molar-refractivity contribution in [2.45, 2.75) is 26.3 Å². The fraction of sp³-hybridized carbons (Fsp3) is 0.312. The van der Waals surface area contributed by atoms with Gasteiger partial charge in [0.05, 0.1) is 24.0 Å². The van der Waals surface area contributed by atoms with E-state index < -0.39 is 10.9 Å². The summed E-state index contributed by atoms with van der Waals surface area (Å²) in [5.41, 5.74) is 1.28. The molecule has 0 aliphatic carbocycles. The molecule has 0 fully saturated rings. The van der Waals surface area contributed by atoms with Crippen molar-refractivity contribution in [1.29, 1.82) is 0 Å². The van der Waals surface area contributed by atoms with Crippen molar-refractivity contribution >= 4 is 38.9 Å². The molecule has 0 bridgehead atoms. The number of nitro groups is 1. The van der Waals surface area contributed by atoms with Crippen LogP contribution in [0.3, 0.4) is 0 Å². The number of hydrogen-bond donors (Lipinski definition) is 0. The van der Waals surface area contributed by atoms with Crippen molar-refractivity contribution in [2.75, 3.05) is 7.11 Å². The summed E-state index contributed by atoms with van der Waals surface area (Å²) < 4.78 is 7.89. The van der Waals surface area contributed by atoms with Crippen LogP contribution in [0.25, 0.3) is 15.9 Å². The zero-order valence-electron chi connectivity index (χ0n) is 15.2. The zero-order chi connectivity index (χ0) is 20.0. The van der Waals surface area contributed by atoms with E-state index in [-0.39, 0.29) is 11.6 Å². The average molecular weight is 401 g/mol. The molecule has 0 aliphatic rings. The number of ether oxygens (including phenoxy) is 1. The number of aryl methyl sites for hydroxylation is 1. The monoisotopic (exact) mass is 401 g/mol. The van der Waals surface area contributed by atoms with E-state index in [1.165, 1.54) is 35.5 Å². The number of nitrogens with zero attached hydrogens (tertiary/aromatic N) is 7. The van der Waals surface area contributed by atoms with Gasteiger partial charge in [-0.15, -0.1) is 16.4 Å². The van der Waals surface area contributed by atoms with Crippen molar-refractivity contribution in [3.8, 4) is 0 Å². The van der Waals surface area contributed by atoms with Crippen LogP contribution in [0, 0.1) is 17.0 Å². The number of hydrogen-bond acceptors (Lipinski definition) is 9. The Morgan fingerprint density at radius 3 is 2.93 bits per heavy atom. The number of rotatable bonds is 5. The molecule has 4 aromatic heterocycles. The zero-order valence-corrected chi connectivity index (χ0v) is 16.0. The third-order valence-electron chi connectivity index (χ3n) is 4.39. The molecule has 0 N–H and O–H groups in total. The van der Waals surface area contributed by atoms with Crippen LogP contribution in [-0.2, 0) is 11.3 Å². The van der Waals surface area contributed by atoms with Crippen molar-refractivity contribution in [1.82, 2.24) is 29.4 Å². The molecule has 0 aliphatic heterocycles. The molecular weight excluding hydrogens is 386 g/mol. The number of carbonyl (C=O) groups excluding carboxylic acids is 1. The van der Waals surface area contributed by atoms with Gasteiger partial charge < -0.3 is 4.74 Å². The molecule has 4 aromatic rings. The molecule has 4 heterocycles. The molecule has 1 atom stereocenters. The van der Waals surface area contributed by atoms with Crippen LogP contribution in [0.1, 0.15) is 33.9 Å². The molecule has 0 radical (unpaired) electrons. The Labute approximate surface area is 161 Å². The summed E-state index contributed by atoms with van der Waals surface area (Å²) in [6.45, 7) is 4.12. The molecule has 0 saturated carbocycles. The normalized spacial score (nSPS) is 12.5. The van der Waals surface area contributed by atoms with E-state index in [9.17, 15) is 14.9 Å². The molecule has 4 rings (SSSR count). The fourth-order valence-electron chi connectivity index (χ4n) is 2.96. The molecule has 0 spiro atoms.